The fraction of sp³-hybridized carbons (Fsp3) is 0.500. The number of hydrogen-bond donors (Lipinski definition) is 1. The van der Waals surface area contributed by atoms with E-state index < -0.39 is 5.97 Å². The predicted molar refractivity (Wildman–Crippen MR) is 74.7 cm³/mol. The number of carboxylic acid groups (broad SMARTS) is 1. The average Bonchev–Trinajstić information content (AvgIpc) is 3.31. The van der Waals surface area contributed by atoms with Crippen molar-refractivity contribution in [3.8, 4) is 0 Å². The van der Waals surface area contributed by atoms with Crippen LogP contribution in [0, 0.1) is 5.92 Å². The number of rotatable bonds is 3. The molecule has 1 aromatic carbocycles. The Morgan fingerprint density at radius 3 is 2.70 bits per heavy atom. The molecular formula is C16H19NO3. The molecule has 0 aromatic heterocycles. The van der Waals surface area contributed by atoms with Crippen LogP contribution in [0.5, 0.6) is 0 Å². The average molecular weight is 273 g/mol. The Bertz CT molecular complexity index is 536. The first kappa shape index (κ1) is 13.2. The third-order valence-corrected chi connectivity index (χ3v) is 4.26. The quantitative estimate of drug-likeness (QED) is 0.920. The van der Waals surface area contributed by atoms with Crippen LogP contribution in [0.15, 0.2) is 24.3 Å². The summed E-state index contributed by atoms with van der Waals surface area (Å²) in [6.45, 7) is 1.59. The van der Waals surface area contributed by atoms with Crippen molar-refractivity contribution < 1.29 is 14.7 Å². The van der Waals surface area contributed by atoms with Gasteiger partial charge in [-0.15, -0.1) is 0 Å². The Morgan fingerprint density at radius 1 is 1.20 bits per heavy atom. The molecule has 1 atom stereocenters. The minimum Gasteiger partial charge on any atom is -0.478 e. The van der Waals surface area contributed by atoms with E-state index in [0.29, 0.717) is 11.5 Å². The number of amides is 1. The lowest BCUT2D eigenvalue weighted by Gasteiger charge is -2.33. The van der Waals surface area contributed by atoms with Gasteiger partial charge in [-0.25, -0.2) is 4.79 Å². The number of hydrogen-bond acceptors (Lipinski definition) is 2. The molecule has 1 aliphatic carbocycles. The molecule has 1 saturated carbocycles. The van der Waals surface area contributed by atoms with Crippen LogP contribution in [0.1, 0.15) is 47.5 Å². The summed E-state index contributed by atoms with van der Waals surface area (Å²) in [6.07, 6.45) is 4.10. The zero-order chi connectivity index (χ0) is 14.1. The molecule has 1 heterocycles. The van der Waals surface area contributed by atoms with Gasteiger partial charge in [0.05, 0.1) is 5.56 Å². The molecule has 4 heteroatoms. The number of likely N-dealkylation sites (tertiary alicyclic amines) is 1. The normalized spacial score (nSPS) is 22.6. The van der Waals surface area contributed by atoms with Crippen molar-refractivity contribution in [2.75, 3.05) is 13.1 Å². The van der Waals surface area contributed by atoms with Crippen molar-refractivity contribution in [3.05, 3.63) is 35.4 Å². The summed E-state index contributed by atoms with van der Waals surface area (Å²) in [4.78, 5) is 25.2. The van der Waals surface area contributed by atoms with Gasteiger partial charge in [0.15, 0.2) is 0 Å². The molecule has 0 unspecified atom stereocenters. The van der Waals surface area contributed by atoms with Crippen molar-refractivity contribution in [1.82, 2.24) is 4.90 Å². The second-order valence-electron chi connectivity index (χ2n) is 5.83. The zero-order valence-electron chi connectivity index (χ0n) is 11.4. The summed E-state index contributed by atoms with van der Waals surface area (Å²) >= 11 is 0. The highest BCUT2D eigenvalue weighted by molar-refractivity contribution is 5.87. The SMILES string of the molecule is O=C(O)c1cccc([C@@H]2CCCN(C(=O)C3CC3)C2)c1. The lowest BCUT2D eigenvalue weighted by atomic mass is 9.89. The number of nitrogens with zero attached hydrogens (tertiary/aromatic N) is 1. The molecule has 1 amide bonds. The van der Waals surface area contributed by atoms with E-state index in [1.165, 1.54) is 0 Å². The van der Waals surface area contributed by atoms with Gasteiger partial charge in [0, 0.05) is 24.9 Å². The van der Waals surface area contributed by atoms with Crippen LogP contribution in [-0.2, 0) is 4.79 Å². The monoisotopic (exact) mass is 273 g/mol. The number of carbonyl (C=O) groups excluding carboxylic acids is 1. The molecule has 20 heavy (non-hydrogen) atoms. The van der Waals surface area contributed by atoms with Gasteiger partial charge in [-0.05, 0) is 43.4 Å². The Labute approximate surface area is 118 Å². The third-order valence-electron chi connectivity index (χ3n) is 4.26. The molecule has 0 bridgehead atoms. The number of carbonyl (C=O) groups is 2. The van der Waals surface area contributed by atoms with E-state index in [1.54, 1.807) is 18.2 Å². The van der Waals surface area contributed by atoms with Crippen LogP contribution < -0.4 is 0 Å². The van der Waals surface area contributed by atoms with Gasteiger partial charge >= 0.3 is 5.97 Å². The molecule has 2 fully saturated rings. The van der Waals surface area contributed by atoms with E-state index in [2.05, 4.69) is 0 Å². The summed E-state index contributed by atoms with van der Waals surface area (Å²) in [7, 11) is 0. The van der Waals surface area contributed by atoms with Gasteiger partial charge in [-0.3, -0.25) is 4.79 Å². The number of piperidine rings is 1. The Hall–Kier alpha value is -1.84. The third kappa shape index (κ3) is 2.69. The largest absolute Gasteiger partial charge is 0.478 e. The number of carboxylic acids is 1. The summed E-state index contributed by atoms with van der Waals surface area (Å²) in [5.41, 5.74) is 1.37. The first-order valence-electron chi connectivity index (χ1n) is 7.27. The standard InChI is InChI=1S/C16H19NO3/c18-15(11-6-7-11)17-8-2-5-14(10-17)12-3-1-4-13(9-12)16(19)20/h1,3-4,9,11,14H,2,5-8,10H2,(H,19,20)/t14-/m1/s1. The maximum absolute atomic E-state index is 12.1. The van der Waals surface area contributed by atoms with Gasteiger partial charge in [-0.1, -0.05) is 12.1 Å². The molecule has 0 radical (unpaired) electrons. The van der Waals surface area contributed by atoms with Crippen LogP contribution in [0.2, 0.25) is 0 Å². The highest BCUT2D eigenvalue weighted by Gasteiger charge is 2.35. The van der Waals surface area contributed by atoms with Crippen LogP contribution in [0.3, 0.4) is 0 Å². The predicted octanol–water partition coefficient (Wildman–Crippen LogP) is 2.50. The van der Waals surface area contributed by atoms with E-state index in [4.69, 9.17) is 5.11 Å². The maximum atomic E-state index is 12.1. The first-order chi connectivity index (χ1) is 9.65. The fourth-order valence-corrected chi connectivity index (χ4v) is 2.96. The molecular weight excluding hydrogens is 254 g/mol. The second kappa shape index (κ2) is 5.27. The van der Waals surface area contributed by atoms with Crippen molar-refractivity contribution in [3.63, 3.8) is 0 Å². The fourth-order valence-electron chi connectivity index (χ4n) is 2.96. The van der Waals surface area contributed by atoms with Crippen molar-refractivity contribution in [2.24, 2.45) is 5.92 Å². The highest BCUT2D eigenvalue weighted by atomic mass is 16.4. The zero-order valence-corrected chi connectivity index (χ0v) is 11.4. The summed E-state index contributed by atoms with van der Waals surface area (Å²) in [6, 6.07) is 7.13. The van der Waals surface area contributed by atoms with E-state index >= 15 is 0 Å². The van der Waals surface area contributed by atoms with Crippen LogP contribution >= 0.6 is 0 Å². The number of benzene rings is 1. The van der Waals surface area contributed by atoms with E-state index in [9.17, 15) is 9.59 Å². The summed E-state index contributed by atoms with van der Waals surface area (Å²) in [5, 5.41) is 9.06. The smallest absolute Gasteiger partial charge is 0.335 e. The maximum Gasteiger partial charge on any atom is 0.335 e. The lowest BCUT2D eigenvalue weighted by molar-refractivity contribution is -0.133. The van der Waals surface area contributed by atoms with Crippen LogP contribution in [-0.4, -0.2) is 35.0 Å². The topological polar surface area (TPSA) is 57.6 Å². The molecule has 1 aromatic rings. The molecule has 2 aliphatic rings. The van der Waals surface area contributed by atoms with Gasteiger partial charge in [0.2, 0.25) is 5.91 Å². The van der Waals surface area contributed by atoms with E-state index in [0.717, 1.165) is 44.3 Å². The number of aromatic carboxylic acids is 1. The highest BCUT2D eigenvalue weighted by Crippen LogP contribution is 2.34. The first-order valence-corrected chi connectivity index (χ1v) is 7.27. The van der Waals surface area contributed by atoms with Crippen molar-refractivity contribution in [1.29, 1.82) is 0 Å². The van der Waals surface area contributed by atoms with Crippen LogP contribution in [0.4, 0.5) is 0 Å². The van der Waals surface area contributed by atoms with Crippen molar-refractivity contribution >= 4 is 11.9 Å². The van der Waals surface area contributed by atoms with Gasteiger partial charge < -0.3 is 10.0 Å². The summed E-state index contributed by atoms with van der Waals surface area (Å²) in [5.74, 6) is -0.0671. The molecule has 1 saturated heterocycles. The lowest BCUT2D eigenvalue weighted by Crippen LogP contribution is -2.39. The van der Waals surface area contributed by atoms with E-state index in [-0.39, 0.29) is 11.8 Å². The van der Waals surface area contributed by atoms with Gasteiger partial charge in [0.25, 0.3) is 0 Å². The van der Waals surface area contributed by atoms with Crippen LogP contribution in [0.25, 0.3) is 0 Å². The van der Waals surface area contributed by atoms with Gasteiger partial charge in [-0.2, -0.15) is 0 Å². The molecule has 1 N–H and O–H groups in total. The Kier molecular flexibility index (Phi) is 3.47. The second-order valence-corrected chi connectivity index (χ2v) is 5.83. The molecule has 4 nitrogen and oxygen atoms in total. The molecule has 0 spiro atoms. The van der Waals surface area contributed by atoms with E-state index in [1.807, 2.05) is 11.0 Å². The molecule has 106 valence electrons. The Balaban J connectivity index is 1.74. The minimum atomic E-state index is -0.895. The summed E-state index contributed by atoms with van der Waals surface area (Å²) < 4.78 is 0. The minimum absolute atomic E-state index is 0.263. The van der Waals surface area contributed by atoms with Gasteiger partial charge in [0.1, 0.15) is 0 Å². The van der Waals surface area contributed by atoms with Crippen molar-refractivity contribution in [2.45, 2.75) is 31.6 Å². The Morgan fingerprint density at radius 2 is 2.00 bits per heavy atom. The molecule has 3 rings (SSSR count). The molecule has 1 aliphatic heterocycles.